The second-order valence-electron chi connectivity index (χ2n) is 2.80. The van der Waals surface area contributed by atoms with Crippen molar-refractivity contribution in [2.24, 2.45) is 0 Å². The number of rotatable bonds is 2. The van der Waals surface area contributed by atoms with Crippen LogP contribution in [0.2, 0.25) is 0 Å². The van der Waals surface area contributed by atoms with Gasteiger partial charge in [0.2, 0.25) is 0 Å². The minimum Gasteiger partial charge on any atom is -0.496 e. The number of ether oxygens (including phenoxy) is 1. The Morgan fingerprint density at radius 2 is 2.00 bits per heavy atom. The van der Waals surface area contributed by atoms with Crippen molar-refractivity contribution in [3.05, 3.63) is 27.7 Å². The highest BCUT2D eigenvalue weighted by Crippen LogP contribution is 2.38. The van der Waals surface area contributed by atoms with E-state index in [4.69, 9.17) is 16.3 Å². The molecule has 0 aliphatic carbocycles. The molecule has 0 aromatic heterocycles. The van der Waals surface area contributed by atoms with Gasteiger partial charge in [-0.2, -0.15) is 13.2 Å². The summed E-state index contributed by atoms with van der Waals surface area (Å²) in [7, 11) is 1.22. The van der Waals surface area contributed by atoms with Gasteiger partial charge in [-0.1, -0.05) is 0 Å². The smallest absolute Gasteiger partial charge is 0.417 e. The first-order valence-corrected chi connectivity index (χ1v) is 5.09. The van der Waals surface area contributed by atoms with E-state index in [1.807, 2.05) is 0 Å². The van der Waals surface area contributed by atoms with E-state index in [9.17, 15) is 18.0 Å². The first-order valence-electron chi connectivity index (χ1n) is 3.92. The molecule has 16 heavy (non-hydrogen) atoms. The lowest BCUT2D eigenvalue weighted by atomic mass is 10.1. The Hall–Kier alpha value is -0.750. The summed E-state index contributed by atoms with van der Waals surface area (Å²) in [6.07, 6.45) is -4.66. The molecule has 0 bridgehead atoms. The van der Waals surface area contributed by atoms with E-state index in [-0.39, 0.29) is 10.2 Å². The molecule has 0 heterocycles. The van der Waals surface area contributed by atoms with Gasteiger partial charge in [0.25, 0.3) is 5.24 Å². The molecule has 7 heteroatoms. The summed E-state index contributed by atoms with van der Waals surface area (Å²) in [6.45, 7) is 0. The van der Waals surface area contributed by atoms with E-state index in [1.54, 1.807) is 0 Å². The van der Waals surface area contributed by atoms with Crippen molar-refractivity contribution in [2.45, 2.75) is 6.18 Å². The molecule has 0 radical (unpaired) electrons. The van der Waals surface area contributed by atoms with Gasteiger partial charge in [-0.3, -0.25) is 4.79 Å². The number of hydrogen-bond acceptors (Lipinski definition) is 2. The lowest BCUT2D eigenvalue weighted by Crippen LogP contribution is -2.11. The van der Waals surface area contributed by atoms with Crippen LogP contribution in [-0.2, 0) is 6.18 Å². The van der Waals surface area contributed by atoms with Crippen LogP contribution < -0.4 is 4.74 Å². The van der Waals surface area contributed by atoms with Crippen LogP contribution in [0.3, 0.4) is 0 Å². The molecule has 0 spiro atoms. The minimum absolute atomic E-state index is 0.0195. The summed E-state index contributed by atoms with van der Waals surface area (Å²) in [6, 6.07) is 1.71. The number of hydrogen-bond donors (Lipinski definition) is 0. The maximum absolute atomic E-state index is 12.6. The molecule has 0 N–H and O–H groups in total. The highest BCUT2D eigenvalue weighted by molar-refractivity contribution is 9.10. The van der Waals surface area contributed by atoms with Crippen molar-refractivity contribution >= 4 is 32.8 Å². The van der Waals surface area contributed by atoms with E-state index in [2.05, 4.69) is 15.9 Å². The lowest BCUT2D eigenvalue weighted by molar-refractivity contribution is -0.138. The van der Waals surface area contributed by atoms with Crippen LogP contribution in [0, 0.1) is 0 Å². The standard InChI is InChI=1S/C9H5BrClF3O2/c1-16-7-3-5(9(12,13)14)4(8(11)15)2-6(7)10/h2-3H,1H3. The Morgan fingerprint density at radius 1 is 1.44 bits per heavy atom. The average molecular weight is 317 g/mol. The molecular weight excluding hydrogens is 312 g/mol. The quantitative estimate of drug-likeness (QED) is 0.774. The predicted molar refractivity (Wildman–Crippen MR) is 55.9 cm³/mol. The van der Waals surface area contributed by atoms with Gasteiger partial charge in [-0.25, -0.2) is 0 Å². The van der Waals surface area contributed by atoms with Gasteiger partial charge in [0.1, 0.15) is 5.75 Å². The third kappa shape index (κ3) is 2.68. The van der Waals surface area contributed by atoms with Gasteiger partial charge in [-0.15, -0.1) is 0 Å². The number of carbonyl (C=O) groups is 1. The van der Waals surface area contributed by atoms with E-state index < -0.39 is 22.5 Å². The molecule has 1 rings (SSSR count). The molecule has 0 amide bonds. The fraction of sp³-hybridized carbons (Fsp3) is 0.222. The molecule has 0 aliphatic heterocycles. The topological polar surface area (TPSA) is 26.3 Å². The first-order chi connectivity index (χ1) is 7.27. The fourth-order valence-electron chi connectivity index (χ4n) is 1.11. The molecule has 88 valence electrons. The molecule has 1 aromatic rings. The molecule has 0 saturated heterocycles. The summed E-state index contributed by atoms with van der Waals surface area (Å²) >= 11 is 8.05. The van der Waals surface area contributed by atoms with E-state index in [0.717, 1.165) is 12.1 Å². The third-order valence-electron chi connectivity index (χ3n) is 1.81. The first kappa shape index (κ1) is 13.3. The highest BCUT2D eigenvalue weighted by atomic mass is 79.9. The van der Waals surface area contributed by atoms with Gasteiger partial charge in [0, 0.05) is 5.56 Å². The van der Waals surface area contributed by atoms with Gasteiger partial charge in [-0.05, 0) is 39.7 Å². The number of benzene rings is 1. The molecule has 0 aliphatic rings. The number of alkyl halides is 3. The lowest BCUT2D eigenvalue weighted by Gasteiger charge is -2.13. The normalized spacial score (nSPS) is 11.4. The molecule has 0 atom stereocenters. The SMILES string of the molecule is COc1cc(C(F)(F)F)c(C(=O)Cl)cc1Br. The molecule has 0 unspecified atom stereocenters. The number of methoxy groups -OCH3 is 1. The summed E-state index contributed by atoms with van der Waals surface area (Å²) < 4.78 is 42.7. The second kappa shape index (κ2) is 4.63. The van der Waals surface area contributed by atoms with E-state index in [0.29, 0.717) is 0 Å². The number of halogens is 5. The van der Waals surface area contributed by atoms with Crippen molar-refractivity contribution in [2.75, 3.05) is 7.11 Å². The zero-order chi connectivity index (χ0) is 12.5. The summed E-state index contributed by atoms with van der Waals surface area (Å²) in [5.41, 5.74) is -1.73. The number of carbonyl (C=O) groups excluding carboxylic acids is 1. The Balaban J connectivity index is 3.49. The van der Waals surface area contributed by atoms with E-state index >= 15 is 0 Å². The van der Waals surface area contributed by atoms with Crippen molar-refractivity contribution in [1.82, 2.24) is 0 Å². The largest absolute Gasteiger partial charge is 0.496 e. The predicted octanol–water partition coefficient (Wildman–Crippen LogP) is 3.86. The average Bonchev–Trinajstić information content (AvgIpc) is 2.15. The molecule has 0 fully saturated rings. The van der Waals surface area contributed by atoms with Crippen LogP contribution in [0.4, 0.5) is 13.2 Å². The van der Waals surface area contributed by atoms with Gasteiger partial charge >= 0.3 is 6.18 Å². The minimum atomic E-state index is -4.66. The Kier molecular flexibility index (Phi) is 3.85. The van der Waals surface area contributed by atoms with E-state index in [1.165, 1.54) is 7.11 Å². The van der Waals surface area contributed by atoms with Crippen LogP contribution in [0.5, 0.6) is 5.75 Å². The summed E-state index contributed by atoms with van der Waals surface area (Å²) in [4.78, 5) is 10.9. The molecular formula is C9H5BrClF3O2. The fourth-order valence-corrected chi connectivity index (χ4v) is 1.77. The Morgan fingerprint density at radius 3 is 2.38 bits per heavy atom. The second-order valence-corrected chi connectivity index (χ2v) is 4.00. The summed E-state index contributed by atoms with van der Waals surface area (Å²) in [5, 5.41) is -1.17. The van der Waals surface area contributed by atoms with Crippen LogP contribution in [0.1, 0.15) is 15.9 Å². The molecule has 2 nitrogen and oxygen atoms in total. The van der Waals surface area contributed by atoms with Gasteiger partial charge < -0.3 is 4.74 Å². The van der Waals surface area contributed by atoms with Gasteiger partial charge in [0.15, 0.2) is 0 Å². The molecule has 0 saturated carbocycles. The van der Waals surface area contributed by atoms with Crippen LogP contribution in [-0.4, -0.2) is 12.4 Å². The maximum Gasteiger partial charge on any atom is 0.417 e. The maximum atomic E-state index is 12.6. The van der Waals surface area contributed by atoms with Gasteiger partial charge in [0.05, 0.1) is 17.1 Å². The monoisotopic (exact) mass is 316 g/mol. The van der Waals surface area contributed by atoms with Crippen LogP contribution in [0.25, 0.3) is 0 Å². The summed E-state index contributed by atoms with van der Waals surface area (Å²) in [5.74, 6) is -0.0195. The third-order valence-corrected chi connectivity index (χ3v) is 2.63. The van der Waals surface area contributed by atoms with Crippen molar-refractivity contribution in [3.8, 4) is 5.75 Å². The highest BCUT2D eigenvalue weighted by Gasteiger charge is 2.36. The van der Waals surface area contributed by atoms with Crippen LogP contribution in [0.15, 0.2) is 16.6 Å². The van der Waals surface area contributed by atoms with Crippen molar-refractivity contribution in [3.63, 3.8) is 0 Å². The Labute approximate surface area is 102 Å². The molecule has 1 aromatic carbocycles. The Bertz CT molecular complexity index is 431. The van der Waals surface area contributed by atoms with Crippen molar-refractivity contribution < 1.29 is 22.7 Å². The zero-order valence-electron chi connectivity index (χ0n) is 7.86. The van der Waals surface area contributed by atoms with Crippen LogP contribution >= 0.6 is 27.5 Å². The van der Waals surface area contributed by atoms with Crippen molar-refractivity contribution in [1.29, 1.82) is 0 Å². The zero-order valence-corrected chi connectivity index (χ0v) is 10.2.